The summed E-state index contributed by atoms with van der Waals surface area (Å²) in [5, 5.41) is 3.64. The minimum Gasteiger partial charge on any atom is -0.496 e. The Balaban J connectivity index is 2.28. The molecule has 106 valence electrons. The van der Waals surface area contributed by atoms with Crippen LogP contribution in [0.15, 0.2) is 18.2 Å². The normalized spacial score (nSPS) is 17.9. The molecule has 0 unspecified atom stereocenters. The van der Waals surface area contributed by atoms with E-state index < -0.39 is 0 Å². The van der Waals surface area contributed by atoms with Crippen LogP contribution in [0.2, 0.25) is 0 Å². The molecule has 0 bridgehead atoms. The van der Waals surface area contributed by atoms with Crippen molar-refractivity contribution in [2.75, 3.05) is 13.7 Å². The fourth-order valence-electron chi connectivity index (χ4n) is 3.17. The minimum atomic E-state index is 0.311. The molecule has 1 aromatic rings. The topological polar surface area (TPSA) is 21.3 Å². The van der Waals surface area contributed by atoms with E-state index in [1.54, 1.807) is 7.11 Å². The van der Waals surface area contributed by atoms with Gasteiger partial charge in [0.15, 0.2) is 0 Å². The Bertz CT molecular complexity index is 419. The molecule has 19 heavy (non-hydrogen) atoms. The van der Waals surface area contributed by atoms with E-state index in [-0.39, 0.29) is 0 Å². The van der Waals surface area contributed by atoms with Crippen molar-refractivity contribution in [3.05, 3.63) is 29.3 Å². The van der Waals surface area contributed by atoms with E-state index in [0.717, 1.165) is 12.3 Å². The molecule has 0 radical (unpaired) electrons. The third-order valence-electron chi connectivity index (χ3n) is 4.43. The lowest BCUT2D eigenvalue weighted by atomic mass is 9.78. The summed E-state index contributed by atoms with van der Waals surface area (Å²) in [5.74, 6) is 1.02. The largest absolute Gasteiger partial charge is 0.496 e. The molecular weight excluding hydrogens is 234 g/mol. The van der Waals surface area contributed by atoms with Crippen LogP contribution in [-0.4, -0.2) is 19.7 Å². The summed E-state index contributed by atoms with van der Waals surface area (Å²) < 4.78 is 5.50. The van der Waals surface area contributed by atoms with Gasteiger partial charge in [0.25, 0.3) is 0 Å². The Kier molecular flexibility index (Phi) is 4.51. The summed E-state index contributed by atoms with van der Waals surface area (Å²) >= 11 is 0. The first-order chi connectivity index (χ1) is 9.07. The molecular formula is C17H27NO. The van der Waals surface area contributed by atoms with Gasteiger partial charge in [-0.3, -0.25) is 0 Å². The number of hydrogen-bond donors (Lipinski definition) is 1. The van der Waals surface area contributed by atoms with Crippen molar-refractivity contribution < 1.29 is 4.74 Å². The van der Waals surface area contributed by atoms with E-state index in [4.69, 9.17) is 4.74 Å². The highest BCUT2D eigenvalue weighted by molar-refractivity contribution is 5.40. The van der Waals surface area contributed by atoms with E-state index in [2.05, 4.69) is 44.3 Å². The summed E-state index contributed by atoms with van der Waals surface area (Å²) in [5.41, 5.74) is 2.97. The highest BCUT2D eigenvalue weighted by Crippen LogP contribution is 2.42. The molecule has 2 nitrogen and oxygen atoms in total. The zero-order valence-electron chi connectivity index (χ0n) is 12.8. The van der Waals surface area contributed by atoms with Gasteiger partial charge in [-0.15, -0.1) is 0 Å². The number of ether oxygens (including phenoxy) is 1. The van der Waals surface area contributed by atoms with Crippen LogP contribution in [0.3, 0.4) is 0 Å². The number of nitrogens with one attached hydrogen (secondary N) is 1. The summed E-state index contributed by atoms with van der Waals surface area (Å²) in [6, 6.07) is 7.29. The van der Waals surface area contributed by atoms with Gasteiger partial charge < -0.3 is 10.1 Å². The smallest absolute Gasteiger partial charge is 0.122 e. The number of benzene rings is 1. The van der Waals surface area contributed by atoms with Gasteiger partial charge in [0.05, 0.1) is 7.11 Å². The first-order valence-corrected chi connectivity index (χ1v) is 7.46. The summed E-state index contributed by atoms with van der Waals surface area (Å²) in [6.07, 6.45) is 5.27. The summed E-state index contributed by atoms with van der Waals surface area (Å²) in [4.78, 5) is 0. The maximum atomic E-state index is 5.50. The van der Waals surface area contributed by atoms with Gasteiger partial charge >= 0.3 is 0 Å². The molecule has 1 aliphatic rings. The van der Waals surface area contributed by atoms with Crippen LogP contribution in [0, 0.1) is 6.92 Å². The Morgan fingerprint density at radius 3 is 2.53 bits per heavy atom. The lowest BCUT2D eigenvalue weighted by Crippen LogP contribution is -2.39. The van der Waals surface area contributed by atoms with E-state index >= 15 is 0 Å². The average Bonchev–Trinajstić information content (AvgIpc) is 2.87. The first-order valence-electron chi connectivity index (χ1n) is 7.46. The molecule has 2 heteroatoms. The highest BCUT2D eigenvalue weighted by Gasteiger charge is 2.35. The van der Waals surface area contributed by atoms with Crippen molar-refractivity contribution in [3.8, 4) is 5.75 Å². The number of hydrogen-bond acceptors (Lipinski definition) is 2. The minimum absolute atomic E-state index is 0.311. The Morgan fingerprint density at radius 2 is 1.95 bits per heavy atom. The maximum Gasteiger partial charge on any atom is 0.122 e. The summed E-state index contributed by atoms with van der Waals surface area (Å²) in [6.45, 7) is 7.63. The van der Waals surface area contributed by atoms with Crippen LogP contribution in [0.25, 0.3) is 0 Å². The Morgan fingerprint density at radius 1 is 1.26 bits per heavy atom. The first kappa shape index (κ1) is 14.4. The van der Waals surface area contributed by atoms with Crippen molar-refractivity contribution in [1.82, 2.24) is 5.32 Å². The van der Waals surface area contributed by atoms with Crippen LogP contribution >= 0.6 is 0 Å². The van der Waals surface area contributed by atoms with Crippen LogP contribution in [0.1, 0.15) is 50.7 Å². The zero-order chi connectivity index (χ0) is 13.9. The van der Waals surface area contributed by atoms with E-state index in [9.17, 15) is 0 Å². The van der Waals surface area contributed by atoms with Crippen LogP contribution in [-0.2, 0) is 5.41 Å². The molecule has 0 aromatic heterocycles. The van der Waals surface area contributed by atoms with Gasteiger partial charge in [-0.1, -0.05) is 38.8 Å². The maximum absolute atomic E-state index is 5.50. The number of methoxy groups -OCH3 is 1. The van der Waals surface area contributed by atoms with E-state index in [0.29, 0.717) is 11.5 Å². The molecule has 0 aliphatic heterocycles. The van der Waals surface area contributed by atoms with Crippen molar-refractivity contribution in [1.29, 1.82) is 0 Å². The third-order valence-corrected chi connectivity index (χ3v) is 4.43. The predicted octanol–water partition coefficient (Wildman–Crippen LogP) is 3.81. The Hall–Kier alpha value is -1.02. The van der Waals surface area contributed by atoms with Crippen LogP contribution in [0.5, 0.6) is 5.75 Å². The predicted molar refractivity (Wildman–Crippen MR) is 81.0 cm³/mol. The second-order valence-electron chi connectivity index (χ2n) is 6.21. The van der Waals surface area contributed by atoms with Gasteiger partial charge in [-0.2, -0.15) is 0 Å². The number of aryl methyl sites for hydroxylation is 1. The van der Waals surface area contributed by atoms with Crippen LogP contribution < -0.4 is 10.1 Å². The van der Waals surface area contributed by atoms with Gasteiger partial charge in [0.1, 0.15) is 5.75 Å². The molecule has 1 aliphatic carbocycles. The summed E-state index contributed by atoms with van der Waals surface area (Å²) in [7, 11) is 1.76. The molecule has 0 spiro atoms. The Labute approximate surface area is 117 Å². The SMILES string of the molecule is COc1cc(C2(CNC(C)C)CCCC2)ccc1C. The van der Waals surface area contributed by atoms with Gasteiger partial charge in [0.2, 0.25) is 0 Å². The monoisotopic (exact) mass is 261 g/mol. The third kappa shape index (κ3) is 3.11. The molecule has 0 saturated heterocycles. The fraction of sp³-hybridized carbons (Fsp3) is 0.647. The highest BCUT2D eigenvalue weighted by atomic mass is 16.5. The standard InChI is InChI=1S/C17H27NO/c1-13(2)18-12-17(9-5-6-10-17)15-8-7-14(3)16(11-15)19-4/h7-8,11,13,18H,5-6,9-10,12H2,1-4H3. The van der Waals surface area contributed by atoms with Gasteiger partial charge in [0, 0.05) is 18.0 Å². The van der Waals surface area contributed by atoms with Crippen molar-refractivity contribution in [2.45, 2.75) is 57.9 Å². The van der Waals surface area contributed by atoms with Crippen molar-refractivity contribution in [2.24, 2.45) is 0 Å². The van der Waals surface area contributed by atoms with Crippen LogP contribution in [0.4, 0.5) is 0 Å². The lowest BCUT2D eigenvalue weighted by Gasteiger charge is -2.31. The molecule has 2 rings (SSSR count). The van der Waals surface area contributed by atoms with Gasteiger partial charge in [-0.25, -0.2) is 0 Å². The fourth-order valence-corrected chi connectivity index (χ4v) is 3.17. The average molecular weight is 261 g/mol. The van der Waals surface area contributed by atoms with Crippen molar-refractivity contribution in [3.63, 3.8) is 0 Å². The lowest BCUT2D eigenvalue weighted by molar-refractivity contribution is 0.380. The number of rotatable bonds is 5. The van der Waals surface area contributed by atoms with E-state index in [1.165, 1.54) is 36.8 Å². The molecule has 1 fully saturated rings. The molecule has 0 amide bonds. The zero-order valence-corrected chi connectivity index (χ0v) is 12.8. The second kappa shape index (κ2) is 5.96. The van der Waals surface area contributed by atoms with E-state index in [1.807, 2.05) is 0 Å². The van der Waals surface area contributed by atoms with Gasteiger partial charge in [-0.05, 0) is 37.0 Å². The molecule has 1 saturated carbocycles. The molecule has 1 aromatic carbocycles. The second-order valence-corrected chi connectivity index (χ2v) is 6.21. The quantitative estimate of drug-likeness (QED) is 0.870. The molecule has 0 atom stereocenters. The molecule has 1 N–H and O–H groups in total. The molecule has 0 heterocycles. The van der Waals surface area contributed by atoms with Crippen molar-refractivity contribution >= 4 is 0 Å².